The number of aliphatic imine (C=N–C) groups is 1. The lowest BCUT2D eigenvalue weighted by Crippen LogP contribution is -2.49. The summed E-state index contributed by atoms with van der Waals surface area (Å²) in [6, 6.07) is 21.4. The van der Waals surface area contributed by atoms with Crippen molar-refractivity contribution >= 4 is 5.96 Å². The molecule has 0 radical (unpaired) electrons. The first-order chi connectivity index (χ1) is 13.8. The Balaban J connectivity index is 1.30. The summed E-state index contributed by atoms with van der Waals surface area (Å²) in [7, 11) is 1.82. The van der Waals surface area contributed by atoms with Gasteiger partial charge in [-0.2, -0.15) is 0 Å². The number of likely N-dealkylation sites (tertiary alicyclic amines) is 1. The summed E-state index contributed by atoms with van der Waals surface area (Å²) < 4.78 is 5.72. The average Bonchev–Trinajstić information content (AvgIpc) is 2.75. The van der Waals surface area contributed by atoms with E-state index >= 15 is 0 Å². The predicted molar refractivity (Wildman–Crippen MR) is 115 cm³/mol. The zero-order valence-electron chi connectivity index (χ0n) is 16.8. The van der Waals surface area contributed by atoms with Crippen molar-refractivity contribution in [2.75, 3.05) is 33.3 Å². The topological polar surface area (TPSA) is 48.9 Å². The van der Waals surface area contributed by atoms with E-state index in [-0.39, 0.29) is 0 Å². The van der Waals surface area contributed by atoms with Crippen LogP contribution in [0.15, 0.2) is 65.7 Å². The van der Waals surface area contributed by atoms with Crippen molar-refractivity contribution in [3.63, 3.8) is 0 Å². The molecular formula is C23H32N4O. The molecule has 0 unspecified atom stereocenters. The second kappa shape index (κ2) is 11.5. The Kier molecular flexibility index (Phi) is 8.34. The van der Waals surface area contributed by atoms with Crippen molar-refractivity contribution in [3.05, 3.63) is 71.8 Å². The highest BCUT2D eigenvalue weighted by atomic mass is 16.5. The molecule has 1 fully saturated rings. The van der Waals surface area contributed by atoms with Gasteiger partial charge in [0.15, 0.2) is 5.96 Å². The Bertz CT molecular complexity index is 697. The third kappa shape index (κ3) is 6.98. The van der Waals surface area contributed by atoms with Gasteiger partial charge < -0.3 is 15.4 Å². The van der Waals surface area contributed by atoms with Gasteiger partial charge >= 0.3 is 0 Å². The van der Waals surface area contributed by atoms with Gasteiger partial charge in [-0.3, -0.25) is 9.89 Å². The van der Waals surface area contributed by atoms with Crippen molar-refractivity contribution < 1.29 is 4.74 Å². The van der Waals surface area contributed by atoms with Crippen LogP contribution in [0.4, 0.5) is 0 Å². The average molecular weight is 381 g/mol. The normalized spacial score (nSPS) is 16.1. The van der Waals surface area contributed by atoms with Crippen LogP contribution in [0.1, 0.15) is 24.0 Å². The van der Waals surface area contributed by atoms with Crippen LogP contribution < -0.4 is 10.6 Å². The maximum atomic E-state index is 5.72. The fourth-order valence-electron chi connectivity index (χ4n) is 3.47. The van der Waals surface area contributed by atoms with E-state index in [2.05, 4.69) is 63.0 Å². The minimum absolute atomic E-state index is 0.475. The minimum atomic E-state index is 0.475. The highest BCUT2D eigenvalue weighted by Gasteiger charge is 2.19. The zero-order valence-corrected chi connectivity index (χ0v) is 16.8. The molecule has 1 saturated heterocycles. The third-order valence-electron chi connectivity index (χ3n) is 5.05. The maximum Gasteiger partial charge on any atom is 0.191 e. The number of benzene rings is 2. The standard InChI is InChI=1S/C23H32N4O/c1-24-23(25-14-17-28-19-21-10-6-3-7-11-21)26-22-12-15-27(16-13-22)18-20-8-4-2-5-9-20/h2-11,22H,12-19H2,1H3,(H2,24,25,26). The number of hydrogen-bond acceptors (Lipinski definition) is 3. The highest BCUT2D eigenvalue weighted by Crippen LogP contribution is 2.13. The van der Waals surface area contributed by atoms with E-state index in [4.69, 9.17) is 4.74 Å². The van der Waals surface area contributed by atoms with Gasteiger partial charge in [-0.1, -0.05) is 60.7 Å². The van der Waals surface area contributed by atoms with E-state index in [0.29, 0.717) is 19.3 Å². The van der Waals surface area contributed by atoms with Crippen LogP contribution in [-0.2, 0) is 17.9 Å². The first-order valence-electron chi connectivity index (χ1n) is 10.2. The summed E-state index contributed by atoms with van der Waals surface area (Å²) in [6.07, 6.45) is 2.27. The van der Waals surface area contributed by atoms with Crippen LogP contribution in [0.3, 0.4) is 0 Å². The number of hydrogen-bond donors (Lipinski definition) is 2. The minimum Gasteiger partial charge on any atom is -0.375 e. The Morgan fingerprint density at radius 1 is 1.00 bits per heavy atom. The SMILES string of the molecule is CN=C(NCCOCc1ccccc1)NC1CCN(Cc2ccccc2)CC1. The third-order valence-corrected chi connectivity index (χ3v) is 5.05. The van der Waals surface area contributed by atoms with Crippen molar-refractivity contribution in [1.29, 1.82) is 0 Å². The van der Waals surface area contributed by atoms with Crippen LogP contribution in [0, 0.1) is 0 Å². The largest absolute Gasteiger partial charge is 0.375 e. The molecule has 5 heteroatoms. The van der Waals surface area contributed by atoms with Crippen molar-refractivity contribution in [1.82, 2.24) is 15.5 Å². The Labute approximate surface area is 168 Å². The molecule has 2 aromatic rings. The van der Waals surface area contributed by atoms with Crippen LogP contribution in [-0.4, -0.2) is 50.2 Å². The van der Waals surface area contributed by atoms with E-state index in [1.807, 2.05) is 25.2 Å². The molecule has 2 aromatic carbocycles. The number of ether oxygens (including phenoxy) is 1. The lowest BCUT2D eigenvalue weighted by Gasteiger charge is -2.33. The Hall–Kier alpha value is -2.37. The number of nitrogens with one attached hydrogen (secondary N) is 2. The molecular weight excluding hydrogens is 348 g/mol. The summed E-state index contributed by atoms with van der Waals surface area (Å²) in [5.74, 6) is 0.866. The molecule has 0 bridgehead atoms. The molecule has 0 saturated carbocycles. The maximum absolute atomic E-state index is 5.72. The van der Waals surface area contributed by atoms with Crippen LogP contribution >= 0.6 is 0 Å². The number of piperidine rings is 1. The lowest BCUT2D eigenvalue weighted by molar-refractivity contribution is 0.125. The van der Waals surface area contributed by atoms with Gasteiger partial charge in [0.25, 0.3) is 0 Å². The van der Waals surface area contributed by atoms with E-state index in [9.17, 15) is 0 Å². The molecule has 0 aromatic heterocycles. The summed E-state index contributed by atoms with van der Waals surface area (Å²) >= 11 is 0. The highest BCUT2D eigenvalue weighted by molar-refractivity contribution is 5.79. The van der Waals surface area contributed by atoms with Crippen molar-refractivity contribution in [2.45, 2.75) is 32.0 Å². The summed E-state index contributed by atoms with van der Waals surface area (Å²) in [4.78, 5) is 6.88. The number of rotatable bonds is 8. The molecule has 1 aliphatic heterocycles. The molecule has 1 aliphatic rings. The summed E-state index contributed by atoms with van der Waals surface area (Å²) in [6.45, 7) is 5.33. The summed E-state index contributed by atoms with van der Waals surface area (Å²) in [5, 5.41) is 6.91. The second-order valence-corrected chi connectivity index (χ2v) is 7.22. The quantitative estimate of drug-likeness (QED) is 0.420. The van der Waals surface area contributed by atoms with E-state index in [1.54, 1.807) is 0 Å². The molecule has 28 heavy (non-hydrogen) atoms. The Morgan fingerprint density at radius 3 is 2.29 bits per heavy atom. The fourth-order valence-corrected chi connectivity index (χ4v) is 3.47. The van der Waals surface area contributed by atoms with Crippen LogP contribution in [0.5, 0.6) is 0 Å². The smallest absolute Gasteiger partial charge is 0.191 e. The van der Waals surface area contributed by atoms with Crippen molar-refractivity contribution in [3.8, 4) is 0 Å². The molecule has 0 atom stereocenters. The van der Waals surface area contributed by atoms with Gasteiger partial charge in [-0.25, -0.2) is 0 Å². The van der Waals surface area contributed by atoms with Gasteiger partial charge in [0.1, 0.15) is 0 Å². The predicted octanol–water partition coefficient (Wildman–Crippen LogP) is 3.03. The molecule has 0 amide bonds. The molecule has 3 rings (SSSR count). The first-order valence-corrected chi connectivity index (χ1v) is 10.2. The van der Waals surface area contributed by atoms with Gasteiger partial charge in [-0.05, 0) is 24.0 Å². The van der Waals surface area contributed by atoms with Gasteiger partial charge in [0.05, 0.1) is 13.2 Å². The van der Waals surface area contributed by atoms with Crippen LogP contribution in [0.25, 0.3) is 0 Å². The van der Waals surface area contributed by atoms with Gasteiger partial charge in [0.2, 0.25) is 0 Å². The van der Waals surface area contributed by atoms with Gasteiger partial charge in [0, 0.05) is 39.3 Å². The zero-order chi connectivity index (χ0) is 19.4. The second-order valence-electron chi connectivity index (χ2n) is 7.22. The Morgan fingerprint density at radius 2 is 1.64 bits per heavy atom. The van der Waals surface area contributed by atoms with Crippen molar-refractivity contribution in [2.24, 2.45) is 4.99 Å². The summed E-state index contributed by atoms with van der Waals surface area (Å²) in [5.41, 5.74) is 2.59. The molecule has 5 nitrogen and oxygen atoms in total. The molecule has 1 heterocycles. The fraction of sp³-hybridized carbons (Fsp3) is 0.435. The molecule has 0 spiro atoms. The number of guanidine groups is 1. The first kappa shape index (κ1) is 20.4. The molecule has 0 aliphatic carbocycles. The van der Waals surface area contributed by atoms with E-state index in [1.165, 1.54) is 11.1 Å². The molecule has 150 valence electrons. The molecule has 2 N–H and O–H groups in total. The monoisotopic (exact) mass is 380 g/mol. The lowest BCUT2D eigenvalue weighted by atomic mass is 10.0. The van der Waals surface area contributed by atoms with Gasteiger partial charge in [-0.15, -0.1) is 0 Å². The van der Waals surface area contributed by atoms with Crippen LogP contribution in [0.2, 0.25) is 0 Å². The van der Waals surface area contributed by atoms with E-state index < -0.39 is 0 Å². The number of nitrogens with zero attached hydrogens (tertiary/aromatic N) is 2. The van der Waals surface area contributed by atoms with E-state index in [0.717, 1.165) is 45.0 Å².